The van der Waals surface area contributed by atoms with E-state index in [0.717, 1.165) is 0 Å². The molecule has 0 amide bonds. The van der Waals surface area contributed by atoms with Crippen molar-refractivity contribution in [1.82, 2.24) is 0 Å². The molecule has 0 aliphatic rings. The Labute approximate surface area is 38.6 Å². The maximum Gasteiger partial charge on any atom is 1.00 e. The van der Waals surface area contributed by atoms with Crippen molar-refractivity contribution >= 4 is 9.20 Å². The van der Waals surface area contributed by atoms with Crippen molar-refractivity contribution in [3.05, 3.63) is 0 Å². The van der Waals surface area contributed by atoms with E-state index in [1.807, 2.05) is 0 Å². The molecule has 0 unspecified atom stereocenters. The quantitative estimate of drug-likeness (QED) is 0.245. The van der Waals surface area contributed by atoms with Crippen molar-refractivity contribution in [2.24, 2.45) is 0 Å². The van der Waals surface area contributed by atoms with Gasteiger partial charge in [-0.2, -0.15) is 8.39 Å². The van der Waals surface area contributed by atoms with E-state index in [2.05, 4.69) is 0 Å². The first kappa shape index (κ1) is 8.86. The molecule has 0 saturated heterocycles. The van der Waals surface area contributed by atoms with Gasteiger partial charge >= 0.3 is 18.9 Å². The van der Waals surface area contributed by atoms with Gasteiger partial charge in [0, 0.05) is 0 Å². The Morgan fingerprint density at radius 2 is 1.50 bits per heavy atom. The first-order valence-corrected chi connectivity index (χ1v) is 1.13. The maximum absolute atomic E-state index is 9.65. The zero-order valence-corrected chi connectivity index (χ0v) is 3.26. The van der Waals surface area contributed by atoms with Gasteiger partial charge in [0.15, 0.2) is 0 Å². The van der Waals surface area contributed by atoms with Gasteiger partial charge in [0.25, 0.3) is 9.20 Å². The largest absolute Gasteiger partial charge is 1.00 e. The summed E-state index contributed by atoms with van der Waals surface area (Å²) < 4.78 is 19.3. The summed E-state index contributed by atoms with van der Waals surface area (Å²) >= 11 is 0. The van der Waals surface area contributed by atoms with E-state index in [1.165, 1.54) is 0 Å². The first-order chi connectivity index (χ1) is 1.41. The molecule has 0 spiro atoms. The number of hydrogen-bond acceptors (Lipinski definition) is 0. The first-order valence-electron chi connectivity index (χ1n) is 0.378. The van der Waals surface area contributed by atoms with E-state index in [1.54, 1.807) is 0 Å². The average molecular weight is 77.9 g/mol. The predicted molar refractivity (Wildman–Crippen MR) is 11.6 cm³/mol. The van der Waals surface area contributed by atoms with Gasteiger partial charge in [-0.05, 0) is 0 Å². The van der Waals surface area contributed by atoms with Crippen LogP contribution in [0.5, 0.6) is 0 Å². The molecule has 0 N–H and O–H groups in total. The van der Waals surface area contributed by atoms with Gasteiger partial charge in [0.1, 0.15) is 0 Å². The summed E-state index contributed by atoms with van der Waals surface area (Å²) in [5.74, 6) is 0. The molecule has 0 aromatic carbocycles. The Kier molecular flexibility index (Phi) is 20.1. The minimum atomic E-state index is -1.92. The maximum atomic E-state index is 9.65. The second-order valence-corrected chi connectivity index (χ2v) is 0.214. The second-order valence-electron chi connectivity index (χ2n) is 0.0714. The Bertz CT molecular complexity index is 9.61. The fourth-order valence-electron chi connectivity index (χ4n) is 0. The molecular weight excluding hydrogens is 75.9 g/mol. The van der Waals surface area contributed by atoms with Crippen LogP contribution >= 0.6 is 9.20 Å². The molecule has 0 rings (SSSR count). The molecule has 0 atom stereocenters. The molecule has 4 heteroatoms. The standard InChI is InChI=1S/F2HP.Li.H/c1-3-2;;/h3H;;/q;+1;-1. The van der Waals surface area contributed by atoms with Crippen LogP contribution in [0, 0.1) is 0 Å². The molecule has 0 aliphatic carbocycles. The van der Waals surface area contributed by atoms with Crippen molar-refractivity contribution in [2.45, 2.75) is 0 Å². The zero-order chi connectivity index (χ0) is 2.71. The Balaban J connectivity index is -0.0000000200. The van der Waals surface area contributed by atoms with Crippen LogP contribution in [0.15, 0.2) is 0 Å². The smallest absolute Gasteiger partial charge is 1.00 e. The van der Waals surface area contributed by atoms with Crippen LogP contribution < -0.4 is 18.9 Å². The molecule has 0 nitrogen and oxygen atoms in total. The number of rotatable bonds is 0. The minimum Gasteiger partial charge on any atom is -1.00 e. The Hall–Kier alpha value is 0.887. The monoisotopic (exact) mass is 78.0 g/mol. The van der Waals surface area contributed by atoms with Crippen LogP contribution in [0.3, 0.4) is 0 Å². The van der Waals surface area contributed by atoms with E-state index in [0.29, 0.717) is 0 Å². The fourth-order valence-corrected chi connectivity index (χ4v) is 0. The Morgan fingerprint density at radius 1 is 1.50 bits per heavy atom. The average Bonchev–Trinajstić information content (AvgIpc) is 0.918. The molecule has 22 valence electrons. The molecule has 0 bridgehead atoms. The van der Waals surface area contributed by atoms with Crippen LogP contribution in [0.1, 0.15) is 1.43 Å². The summed E-state index contributed by atoms with van der Waals surface area (Å²) in [6.07, 6.45) is 0. The van der Waals surface area contributed by atoms with Crippen LogP contribution in [0.4, 0.5) is 8.39 Å². The number of halogens is 2. The van der Waals surface area contributed by atoms with Gasteiger partial charge in [0.05, 0.1) is 0 Å². The third kappa shape index (κ3) is 13.1. The van der Waals surface area contributed by atoms with Crippen molar-refractivity contribution in [1.29, 1.82) is 0 Å². The molecule has 0 fully saturated rings. The molecule has 0 radical (unpaired) electrons. The van der Waals surface area contributed by atoms with Crippen LogP contribution in [0.25, 0.3) is 0 Å². The minimum absolute atomic E-state index is 0. The third-order valence-corrected chi connectivity index (χ3v) is 0. The van der Waals surface area contributed by atoms with E-state index >= 15 is 0 Å². The number of hydrogen-bond donors (Lipinski definition) is 0. The van der Waals surface area contributed by atoms with E-state index in [4.69, 9.17) is 0 Å². The van der Waals surface area contributed by atoms with Gasteiger partial charge in [-0.15, -0.1) is 0 Å². The molecular formula is H2F2LiP. The van der Waals surface area contributed by atoms with E-state index in [-0.39, 0.29) is 20.3 Å². The molecule has 0 aromatic heterocycles. The van der Waals surface area contributed by atoms with Crippen molar-refractivity contribution in [2.75, 3.05) is 0 Å². The predicted octanol–water partition coefficient (Wildman–Crippen LogP) is -1.45. The van der Waals surface area contributed by atoms with Crippen LogP contribution in [-0.2, 0) is 0 Å². The topological polar surface area (TPSA) is 0 Å². The van der Waals surface area contributed by atoms with Gasteiger partial charge in [-0.1, -0.05) is 0 Å². The molecule has 0 saturated carbocycles. The van der Waals surface area contributed by atoms with Gasteiger partial charge < -0.3 is 1.43 Å². The summed E-state index contributed by atoms with van der Waals surface area (Å²) in [6, 6.07) is 0. The third-order valence-electron chi connectivity index (χ3n) is 0. The summed E-state index contributed by atoms with van der Waals surface area (Å²) in [6.45, 7) is 0. The van der Waals surface area contributed by atoms with Gasteiger partial charge in [0.2, 0.25) is 0 Å². The van der Waals surface area contributed by atoms with E-state index in [9.17, 15) is 8.39 Å². The fraction of sp³-hybridized carbons (Fsp3) is 0. The second kappa shape index (κ2) is 9.10. The van der Waals surface area contributed by atoms with Crippen molar-refractivity contribution in [3.63, 3.8) is 0 Å². The van der Waals surface area contributed by atoms with Gasteiger partial charge in [-0.25, -0.2) is 0 Å². The SMILES string of the molecule is FPF.[H-].[Li+]. The summed E-state index contributed by atoms with van der Waals surface area (Å²) in [5.41, 5.74) is 0. The van der Waals surface area contributed by atoms with Crippen LogP contribution in [0.2, 0.25) is 0 Å². The molecule has 0 aliphatic heterocycles. The molecule has 0 aromatic rings. The van der Waals surface area contributed by atoms with E-state index < -0.39 is 9.20 Å². The normalized spacial score (nSPS) is 4.50. The Morgan fingerprint density at radius 3 is 1.50 bits per heavy atom. The van der Waals surface area contributed by atoms with Crippen molar-refractivity contribution in [3.8, 4) is 0 Å². The summed E-state index contributed by atoms with van der Waals surface area (Å²) in [7, 11) is -1.92. The molecule has 4 heavy (non-hydrogen) atoms. The van der Waals surface area contributed by atoms with Gasteiger partial charge in [-0.3, -0.25) is 0 Å². The summed E-state index contributed by atoms with van der Waals surface area (Å²) in [5, 5.41) is 0. The van der Waals surface area contributed by atoms with Crippen LogP contribution in [-0.4, -0.2) is 0 Å². The van der Waals surface area contributed by atoms with Crippen molar-refractivity contribution < 1.29 is 28.7 Å². The summed E-state index contributed by atoms with van der Waals surface area (Å²) in [4.78, 5) is 0. The zero-order valence-electron chi connectivity index (χ0n) is 3.26. The molecule has 0 heterocycles.